The zero-order valence-electron chi connectivity index (χ0n) is 41.3. The SMILES string of the molecule is CC(C)c1ccccc1N1CCOC[C@@H]1C1CC2(CCN(c3ccc(C(=O)NS(=O)(=O)c4ccc(NCC5CCC(C)(O)CC5)c([N+](=O)[O-])c4)c(N4c5cc6cc[nH]c6nc5O[C@H]5COCC[C@@H]54)c3)CC2)C1. The van der Waals surface area contributed by atoms with E-state index >= 15 is 0 Å². The number of nitro groups is 1. The van der Waals surface area contributed by atoms with Gasteiger partial charge in [0.1, 0.15) is 23.1 Å². The van der Waals surface area contributed by atoms with Crippen LogP contribution >= 0.6 is 0 Å². The number of piperidine rings is 1. The van der Waals surface area contributed by atoms with Gasteiger partial charge in [0.15, 0.2) is 0 Å². The van der Waals surface area contributed by atoms with Crippen LogP contribution in [-0.2, 0) is 19.5 Å². The second-order valence-corrected chi connectivity index (χ2v) is 23.5. The first-order valence-electron chi connectivity index (χ1n) is 25.8. The lowest BCUT2D eigenvalue weighted by Gasteiger charge is -2.57. The van der Waals surface area contributed by atoms with Crippen LogP contribution in [0, 0.1) is 27.4 Å². The molecule has 382 valence electrons. The summed E-state index contributed by atoms with van der Waals surface area (Å²) >= 11 is 0. The lowest BCUT2D eigenvalue weighted by atomic mass is 9.55. The molecule has 6 aliphatic rings. The number of benzene rings is 3. The van der Waals surface area contributed by atoms with Crippen molar-refractivity contribution >= 4 is 61.1 Å². The fourth-order valence-corrected chi connectivity index (χ4v) is 13.5. The van der Waals surface area contributed by atoms with Crippen LogP contribution in [0.2, 0.25) is 0 Å². The molecule has 17 nitrogen and oxygen atoms in total. The summed E-state index contributed by atoms with van der Waals surface area (Å²) in [6.07, 6.45) is 9.10. The van der Waals surface area contributed by atoms with Gasteiger partial charge in [-0.15, -0.1) is 0 Å². The predicted octanol–water partition coefficient (Wildman–Crippen LogP) is 8.66. The molecular weight excluding hydrogens is 937 g/mol. The Morgan fingerprint density at radius 1 is 0.917 bits per heavy atom. The molecule has 3 atom stereocenters. The van der Waals surface area contributed by atoms with E-state index in [-0.39, 0.29) is 28.6 Å². The van der Waals surface area contributed by atoms with Gasteiger partial charge in [0.2, 0.25) is 5.88 Å². The highest BCUT2D eigenvalue weighted by atomic mass is 32.2. The van der Waals surface area contributed by atoms with Gasteiger partial charge in [0.25, 0.3) is 21.6 Å². The maximum absolute atomic E-state index is 14.7. The number of fused-ring (bicyclic) bond motifs is 3. The molecule has 2 saturated carbocycles. The molecule has 5 aromatic rings. The molecule has 2 aliphatic carbocycles. The number of nitro benzene ring substituents is 1. The Bertz CT molecular complexity index is 2950. The molecular formula is C54H66N8O9S. The van der Waals surface area contributed by atoms with Crippen LogP contribution in [0.4, 0.5) is 34.1 Å². The number of nitrogens with zero attached hydrogens (tertiary/aromatic N) is 5. The number of ether oxygens (including phenoxy) is 3. The van der Waals surface area contributed by atoms with Crippen LogP contribution in [0.3, 0.4) is 0 Å². The molecule has 5 fully saturated rings. The normalized spacial score (nSPS) is 25.4. The predicted molar refractivity (Wildman–Crippen MR) is 276 cm³/mol. The highest BCUT2D eigenvalue weighted by molar-refractivity contribution is 7.90. The maximum Gasteiger partial charge on any atom is 0.293 e. The van der Waals surface area contributed by atoms with Crippen molar-refractivity contribution in [3.8, 4) is 5.88 Å². The van der Waals surface area contributed by atoms with Crippen LogP contribution in [-0.4, -0.2) is 111 Å². The number of hydrogen-bond acceptors (Lipinski definition) is 14. The minimum atomic E-state index is -4.62. The van der Waals surface area contributed by atoms with E-state index in [0.717, 1.165) is 88.5 Å². The van der Waals surface area contributed by atoms with Gasteiger partial charge in [0.05, 0.1) is 58.6 Å². The van der Waals surface area contributed by atoms with E-state index in [1.54, 1.807) is 6.07 Å². The lowest BCUT2D eigenvalue weighted by Crippen LogP contribution is -2.57. The summed E-state index contributed by atoms with van der Waals surface area (Å²) in [5.41, 5.74) is 4.81. The number of rotatable bonds is 12. The van der Waals surface area contributed by atoms with Crippen LogP contribution in [0.15, 0.2) is 83.9 Å². The van der Waals surface area contributed by atoms with Gasteiger partial charge >= 0.3 is 0 Å². The summed E-state index contributed by atoms with van der Waals surface area (Å²) in [5, 5.41) is 26.8. The molecule has 3 aromatic carbocycles. The number of carbonyl (C=O) groups excluding carboxylic acids is 1. The third kappa shape index (κ3) is 9.35. The summed E-state index contributed by atoms with van der Waals surface area (Å²) in [6.45, 7) is 11.6. The Morgan fingerprint density at radius 3 is 2.47 bits per heavy atom. The van der Waals surface area contributed by atoms with Crippen molar-refractivity contribution in [3.05, 3.63) is 100 Å². The smallest absolute Gasteiger partial charge is 0.293 e. The fraction of sp³-hybridized carbons (Fsp3) is 0.519. The molecule has 1 amide bonds. The highest BCUT2D eigenvalue weighted by Crippen LogP contribution is 2.56. The second kappa shape index (κ2) is 19.1. The third-order valence-electron chi connectivity index (χ3n) is 16.7. The molecule has 2 aromatic heterocycles. The second-order valence-electron chi connectivity index (χ2n) is 21.8. The van der Waals surface area contributed by atoms with E-state index in [2.05, 4.69) is 67.8 Å². The van der Waals surface area contributed by atoms with Crippen molar-refractivity contribution in [2.24, 2.45) is 17.3 Å². The van der Waals surface area contributed by atoms with Gasteiger partial charge in [-0.3, -0.25) is 14.9 Å². The maximum atomic E-state index is 14.7. The first kappa shape index (κ1) is 48.3. The number of aromatic nitrogens is 2. The summed E-state index contributed by atoms with van der Waals surface area (Å²) in [5.74, 6) is 0.655. The van der Waals surface area contributed by atoms with Gasteiger partial charge < -0.3 is 44.3 Å². The van der Waals surface area contributed by atoms with Crippen molar-refractivity contribution in [2.75, 3.05) is 72.6 Å². The van der Waals surface area contributed by atoms with Gasteiger partial charge in [-0.2, -0.15) is 4.98 Å². The van der Waals surface area contributed by atoms with E-state index in [9.17, 15) is 28.4 Å². The summed E-state index contributed by atoms with van der Waals surface area (Å²) in [7, 11) is -4.62. The van der Waals surface area contributed by atoms with Crippen molar-refractivity contribution < 1.29 is 37.5 Å². The molecule has 4 N–H and O–H groups in total. The Morgan fingerprint density at radius 2 is 1.69 bits per heavy atom. The summed E-state index contributed by atoms with van der Waals surface area (Å²) in [6, 6.07) is 22.0. The Hall–Kier alpha value is -5.95. The molecule has 4 aliphatic heterocycles. The first-order chi connectivity index (χ1) is 34.6. The van der Waals surface area contributed by atoms with E-state index in [4.69, 9.17) is 19.2 Å². The van der Waals surface area contributed by atoms with Gasteiger partial charge in [0, 0.05) is 61.8 Å². The summed E-state index contributed by atoms with van der Waals surface area (Å²) < 4.78 is 49.2. The molecule has 0 radical (unpaired) electrons. The van der Waals surface area contributed by atoms with Crippen LogP contribution in [0.5, 0.6) is 5.88 Å². The molecule has 6 heterocycles. The Kier molecular flexibility index (Phi) is 12.9. The number of carbonyl (C=O) groups is 1. The number of para-hydroxylation sites is 1. The van der Waals surface area contributed by atoms with E-state index < -0.39 is 43.1 Å². The average Bonchev–Trinajstić information content (AvgIpc) is 3.83. The summed E-state index contributed by atoms with van der Waals surface area (Å²) in [4.78, 5) is 41.1. The van der Waals surface area contributed by atoms with E-state index in [1.807, 2.05) is 37.4 Å². The quantitative estimate of drug-likeness (QED) is 0.0683. The lowest BCUT2D eigenvalue weighted by molar-refractivity contribution is -0.384. The minimum absolute atomic E-state index is 0.113. The largest absolute Gasteiger partial charge is 0.468 e. The van der Waals surface area contributed by atoms with Crippen molar-refractivity contribution in [1.29, 1.82) is 0 Å². The average molecular weight is 1000 g/mol. The number of anilines is 5. The van der Waals surface area contributed by atoms with Crippen LogP contribution in [0.25, 0.3) is 11.0 Å². The van der Waals surface area contributed by atoms with Crippen molar-refractivity contribution in [1.82, 2.24) is 14.7 Å². The van der Waals surface area contributed by atoms with Crippen LogP contribution in [0.1, 0.15) is 100 Å². The number of hydrogen-bond donors (Lipinski definition) is 4. The molecule has 1 spiro atoms. The third-order valence-corrected chi connectivity index (χ3v) is 18.0. The number of pyridine rings is 1. The Balaban J connectivity index is 0.864. The van der Waals surface area contributed by atoms with Crippen molar-refractivity contribution in [2.45, 2.75) is 113 Å². The van der Waals surface area contributed by atoms with Crippen molar-refractivity contribution in [3.63, 3.8) is 0 Å². The minimum Gasteiger partial charge on any atom is -0.468 e. The number of H-pyrrole nitrogens is 1. The fourth-order valence-electron chi connectivity index (χ4n) is 12.6. The molecule has 11 rings (SSSR count). The topological polar surface area (TPSA) is 205 Å². The number of sulfonamides is 1. The standard InChI is InChI=1S/C54H66N8O9S/c1-34(2)40-6-4-5-7-43(40)60-23-25-70-32-48(60)37-29-54(30-37)18-21-59(22-19-54)38-8-10-41(45(27-38)61-44-15-24-69-33-49(44)71-52-47(61)26-36-14-20-55-50(36)57-52)51(63)58-72(67,68)39-9-11-42(46(28-39)62(65)66)56-31-35-12-16-53(3,64)17-13-35/h4-11,14,20,26-28,34-35,37,44,48-49,56,64H,12-13,15-19,21-25,29-33H2,1-3H3,(H,55,57)(H,58,63)/t35?,44-,48+,49-,53?/m0/s1. The monoisotopic (exact) mass is 1000 g/mol. The number of amides is 1. The zero-order valence-corrected chi connectivity index (χ0v) is 42.2. The van der Waals surface area contributed by atoms with Gasteiger partial charge in [-0.25, -0.2) is 13.1 Å². The van der Waals surface area contributed by atoms with Crippen LogP contribution < -0.4 is 29.5 Å². The number of morpholine rings is 1. The highest BCUT2D eigenvalue weighted by Gasteiger charge is 2.50. The zero-order chi connectivity index (χ0) is 49.9. The molecule has 0 bridgehead atoms. The van der Waals surface area contributed by atoms with E-state index in [0.29, 0.717) is 79.8 Å². The van der Waals surface area contributed by atoms with Gasteiger partial charge in [-0.05, 0) is 142 Å². The molecule has 3 saturated heterocycles. The number of aliphatic hydroxyl groups is 1. The molecule has 72 heavy (non-hydrogen) atoms. The van der Waals surface area contributed by atoms with E-state index in [1.165, 1.54) is 23.4 Å². The van der Waals surface area contributed by atoms with Gasteiger partial charge in [-0.1, -0.05) is 32.0 Å². The Labute approximate surface area is 420 Å². The molecule has 0 unspecified atom stereocenters. The molecule has 18 heteroatoms. The number of aromatic amines is 1. The number of nitrogens with one attached hydrogen (secondary N) is 3. The first-order valence-corrected chi connectivity index (χ1v) is 27.3.